The summed E-state index contributed by atoms with van der Waals surface area (Å²) in [6.07, 6.45) is -2.36. The van der Waals surface area contributed by atoms with E-state index in [1.807, 2.05) is 0 Å². The van der Waals surface area contributed by atoms with Gasteiger partial charge in [-0.2, -0.15) is 13.2 Å². The van der Waals surface area contributed by atoms with Crippen molar-refractivity contribution in [3.8, 4) is 0 Å². The molecular formula is C10H15BrF3NO. The van der Waals surface area contributed by atoms with Gasteiger partial charge >= 0.3 is 6.18 Å². The molecule has 3 unspecified atom stereocenters. The van der Waals surface area contributed by atoms with Gasteiger partial charge in [0.1, 0.15) is 0 Å². The zero-order chi connectivity index (χ0) is 12.3. The summed E-state index contributed by atoms with van der Waals surface area (Å²) in [4.78, 5) is 10.9. The zero-order valence-corrected chi connectivity index (χ0v) is 10.6. The van der Waals surface area contributed by atoms with Crippen molar-refractivity contribution in [1.82, 2.24) is 5.32 Å². The Labute approximate surface area is 101 Å². The molecule has 6 heteroatoms. The normalized spacial score (nSPS) is 28.6. The van der Waals surface area contributed by atoms with E-state index < -0.39 is 23.0 Å². The maximum absolute atomic E-state index is 12.7. The van der Waals surface area contributed by atoms with Gasteiger partial charge in [0.05, 0.1) is 10.7 Å². The Morgan fingerprint density at radius 3 is 2.44 bits per heavy atom. The number of carbonyl (C=O) groups is 1. The largest absolute Gasteiger partial charge is 0.393 e. The molecule has 0 aliphatic heterocycles. The Morgan fingerprint density at radius 1 is 1.38 bits per heavy atom. The Balaban J connectivity index is 2.64. The Bertz CT molecular complexity index is 255. The molecule has 1 N–H and O–H groups in total. The van der Waals surface area contributed by atoms with E-state index in [1.165, 1.54) is 0 Å². The molecule has 0 bridgehead atoms. The number of rotatable bonds is 2. The standard InChI is InChI=1S/C10H15BrF3NO/c1-6(11)9(16)15-8-5-3-2-4-7(8)10(12,13)14/h6-8H,2-5H2,1H3,(H,15,16). The third-order valence-electron chi connectivity index (χ3n) is 2.88. The van der Waals surface area contributed by atoms with Gasteiger partial charge in [-0.25, -0.2) is 0 Å². The molecule has 3 atom stereocenters. The van der Waals surface area contributed by atoms with Gasteiger partial charge in [0.25, 0.3) is 0 Å². The molecule has 0 heterocycles. The number of nitrogens with one attached hydrogen (secondary N) is 1. The molecule has 0 saturated heterocycles. The topological polar surface area (TPSA) is 29.1 Å². The summed E-state index contributed by atoms with van der Waals surface area (Å²) in [5, 5.41) is 2.47. The second kappa shape index (κ2) is 5.38. The minimum absolute atomic E-state index is 0.116. The number of hydrogen-bond donors (Lipinski definition) is 1. The highest BCUT2D eigenvalue weighted by Gasteiger charge is 2.46. The fourth-order valence-electron chi connectivity index (χ4n) is 1.99. The van der Waals surface area contributed by atoms with Crippen LogP contribution in [0.2, 0.25) is 0 Å². The molecule has 0 aromatic carbocycles. The van der Waals surface area contributed by atoms with Crippen LogP contribution < -0.4 is 5.32 Å². The second-order valence-corrected chi connectivity index (χ2v) is 5.54. The van der Waals surface area contributed by atoms with Crippen LogP contribution in [0.3, 0.4) is 0 Å². The zero-order valence-electron chi connectivity index (χ0n) is 8.98. The quantitative estimate of drug-likeness (QED) is 0.781. The molecule has 1 aliphatic carbocycles. The first-order valence-corrected chi connectivity index (χ1v) is 6.25. The fourth-order valence-corrected chi connectivity index (χ4v) is 2.13. The molecule has 1 aliphatic rings. The van der Waals surface area contributed by atoms with E-state index in [4.69, 9.17) is 0 Å². The van der Waals surface area contributed by atoms with Crippen LogP contribution >= 0.6 is 15.9 Å². The summed E-state index contributed by atoms with van der Waals surface area (Å²) >= 11 is 3.04. The lowest BCUT2D eigenvalue weighted by atomic mass is 9.84. The maximum atomic E-state index is 12.7. The Hall–Kier alpha value is -0.260. The van der Waals surface area contributed by atoms with Gasteiger partial charge in [-0.15, -0.1) is 0 Å². The smallest absolute Gasteiger partial charge is 0.352 e. The summed E-state index contributed by atoms with van der Waals surface area (Å²) in [6.45, 7) is 1.60. The SMILES string of the molecule is CC(Br)C(=O)NC1CCCCC1C(F)(F)F. The van der Waals surface area contributed by atoms with E-state index in [2.05, 4.69) is 21.2 Å². The fraction of sp³-hybridized carbons (Fsp3) is 0.900. The highest BCUT2D eigenvalue weighted by atomic mass is 79.9. The van der Waals surface area contributed by atoms with E-state index >= 15 is 0 Å². The monoisotopic (exact) mass is 301 g/mol. The number of hydrogen-bond acceptors (Lipinski definition) is 1. The lowest BCUT2D eigenvalue weighted by Crippen LogP contribution is -2.49. The van der Waals surface area contributed by atoms with E-state index in [9.17, 15) is 18.0 Å². The van der Waals surface area contributed by atoms with Crippen LogP contribution in [0.4, 0.5) is 13.2 Å². The van der Waals surface area contributed by atoms with Gasteiger partial charge in [0.2, 0.25) is 5.91 Å². The molecule has 1 rings (SSSR count). The lowest BCUT2D eigenvalue weighted by Gasteiger charge is -2.33. The second-order valence-electron chi connectivity index (χ2n) is 4.16. The molecule has 0 spiro atoms. The molecule has 0 aromatic heterocycles. The highest BCUT2D eigenvalue weighted by Crippen LogP contribution is 2.37. The van der Waals surface area contributed by atoms with Gasteiger partial charge in [-0.1, -0.05) is 28.8 Å². The number of halogens is 4. The minimum atomic E-state index is -4.21. The summed E-state index contributed by atoms with van der Waals surface area (Å²) < 4.78 is 38.0. The van der Waals surface area contributed by atoms with Crippen molar-refractivity contribution in [3.05, 3.63) is 0 Å². The van der Waals surface area contributed by atoms with Crippen LogP contribution in [0.5, 0.6) is 0 Å². The van der Waals surface area contributed by atoms with Crippen molar-refractivity contribution in [2.24, 2.45) is 5.92 Å². The number of carbonyl (C=O) groups excluding carboxylic acids is 1. The van der Waals surface area contributed by atoms with Crippen LogP contribution in [-0.2, 0) is 4.79 Å². The van der Waals surface area contributed by atoms with Crippen molar-refractivity contribution < 1.29 is 18.0 Å². The van der Waals surface area contributed by atoms with Crippen LogP contribution in [-0.4, -0.2) is 23.0 Å². The van der Waals surface area contributed by atoms with Crippen molar-refractivity contribution in [1.29, 1.82) is 0 Å². The van der Waals surface area contributed by atoms with Gasteiger partial charge in [0.15, 0.2) is 0 Å². The molecule has 2 nitrogen and oxygen atoms in total. The molecule has 1 saturated carbocycles. The Morgan fingerprint density at radius 2 is 1.94 bits per heavy atom. The van der Waals surface area contributed by atoms with E-state index in [1.54, 1.807) is 6.92 Å². The molecule has 1 fully saturated rings. The van der Waals surface area contributed by atoms with Gasteiger partial charge in [-0.05, 0) is 19.8 Å². The average Bonchev–Trinajstić information content (AvgIpc) is 2.16. The average molecular weight is 302 g/mol. The van der Waals surface area contributed by atoms with Crippen molar-refractivity contribution in [3.63, 3.8) is 0 Å². The summed E-state index contributed by atoms with van der Waals surface area (Å²) in [6, 6.07) is -0.763. The Kier molecular flexibility index (Phi) is 4.64. The predicted octanol–water partition coefficient (Wildman–Crippen LogP) is 3.01. The van der Waals surface area contributed by atoms with Gasteiger partial charge in [-0.3, -0.25) is 4.79 Å². The number of alkyl halides is 4. The molecule has 1 amide bonds. The molecule has 0 aromatic rings. The van der Waals surface area contributed by atoms with Crippen molar-refractivity contribution >= 4 is 21.8 Å². The van der Waals surface area contributed by atoms with Crippen molar-refractivity contribution in [2.45, 2.75) is 49.7 Å². The van der Waals surface area contributed by atoms with E-state index in [0.717, 1.165) is 6.42 Å². The third-order valence-corrected chi connectivity index (χ3v) is 3.29. The summed E-state index contributed by atoms with van der Waals surface area (Å²) in [5.74, 6) is -1.77. The minimum Gasteiger partial charge on any atom is -0.352 e. The van der Waals surface area contributed by atoms with Gasteiger partial charge < -0.3 is 5.32 Å². The maximum Gasteiger partial charge on any atom is 0.393 e. The summed E-state index contributed by atoms with van der Waals surface area (Å²) in [7, 11) is 0. The van der Waals surface area contributed by atoms with Crippen LogP contribution in [0, 0.1) is 5.92 Å². The first-order valence-electron chi connectivity index (χ1n) is 5.33. The lowest BCUT2D eigenvalue weighted by molar-refractivity contribution is -0.189. The predicted molar refractivity (Wildman–Crippen MR) is 58.3 cm³/mol. The molecule has 16 heavy (non-hydrogen) atoms. The van der Waals surface area contributed by atoms with Crippen LogP contribution in [0.15, 0.2) is 0 Å². The first-order chi connectivity index (χ1) is 7.32. The van der Waals surface area contributed by atoms with Crippen molar-refractivity contribution in [2.75, 3.05) is 0 Å². The molecular weight excluding hydrogens is 287 g/mol. The van der Waals surface area contributed by atoms with Crippen LogP contribution in [0.25, 0.3) is 0 Å². The van der Waals surface area contributed by atoms with Gasteiger partial charge in [0, 0.05) is 6.04 Å². The highest BCUT2D eigenvalue weighted by molar-refractivity contribution is 9.10. The van der Waals surface area contributed by atoms with E-state index in [-0.39, 0.29) is 12.3 Å². The third kappa shape index (κ3) is 3.64. The van der Waals surface area contributed by atoms with E-state index in [0.29, 0.717) is 12.8 Å². The first kappa shape index (κ1) is 13.8. The molecule has 94 valence electrons. The molecule has 0 radical (unpaired) electrons. The van der Waals surface area contributed by atoms with Crippen LogP contribution in [0.1, 0.15) is 32.6 Å². The number of amides is 1. The summed E-state index contributed by atoms with van der Waals surface area (Å²) in [5.41, 5.74) is 0.